The van der Waals surface area contributed by atoms with E-state index in [4.69, 9.17) is 23.2 Å². The molecule has 0 N–H and O–H groups in total. The van der Waals surface area contributed by atoms with Gasteiger partial charge in [-0.05, 0) is 46.5 Å². The molecule has 2 amide bonds. The van der Waals surface area contributed by atoms with Gasteiger partial charge in [-0.3, -0.25) is 19.4 Å². The molecule has 0 aliphatic carbocycles. The second-order valence-electron chi connectivity index (χ2n) is 7.30. The molecule has 4 nitrogen and oxygen atoms in total. The number of rotatable bonds is 6. The molecule has 0 fully saturated rings. The van der Waals surface area contributed by atoms with Crippen LogP contribution >= 0.6 is 23.2 Å². The zero-order chi connectivity index (χ0) is 22.5. The van der Waals surface area contributed by atoms with E-state index < -0.39 is 10.7 Å². The van der Waals surface area contributed by atoms with Gasteiger partial charge in [0.05, 0.1) is 24.5 Å². The van der Waals surface area contributed by atoms with Crippen molar-refractivity contribution in [2.45, 2.75) is 13.1 Å². The van der Waals surface area contributed by atoms with Crippen molar-refractivity contribution >= 4 is 56.1 Å². The lowest BCUT2D eigenvalue weighted by Crippen LogP contribution is -2.26. The summed E-state index contributed by atoms with van der Waals surface area (Å²) in [5.74, 6) is 0. The van der Waals surface area contributed by atoms with E-state index in [1.807, 2.05) is 97.1 Å². The van der Waals surface area contributed by atoms with Crippen molar-refractivity contribution in [3.8, 4) is 0 Å². The number of carbonyl (C=O) groups is 2. The maximum Gasteiger partial charge on any atom is 0.321 e. The lowest BCUT2D eigenvalue weighted by atomic mass is 10.0. The van der Waals surface area contributed by atoms with Gasteiger partial charge in [-0.1, -0.05) is 84.9 Å². The summed E-state index contributed by atoms with van der Waals surface area (Å²) in [6.07, 6.45) is 0. The Morgan fingerprint density at radius 2 is 0.906 bits per heavy atom. The first-order valence-electron chi connectivity index (χ1n) is 10.1. The van der Waals surface area contributed by atoms with Crippen LogP contribution in [-0.2, 0) is 13.1 Å². The van der Waals surface area contributed by atoms with Gasteiger partial charge in [0.25, 0.3) is 0 Å². The Balaban J connectivity index is 1.79. The molecule has 4 aromatic rings. The number of carbonyl (C=O) groups excluding carboxylic acids is 2. The SMILES string of the molecule is O=C(Cl)N(Cc1ccccc1)c1cccc2c(N(Cc3ccccc3)C(=O)Cl)cccc12. The maximum absolute atomic E-state index is 12.4. The Hall–Kier alpha value is -3.34. The molecule has 0 heterocycles. The van der Waals surface area contributed by atoms with Gasteiger partial charge in [-0.25, -0.2) is 0 Å². The van der Waals surface area contributed by atoms with Crippen molar-refractivity contribution in [3.05, 3.63) is 108 Å². The van der Waals surface area contributed by atoms with E-state index in [1.54, 1.807) is 0 Å². The van der Waals surface area contributed by atoms with Gasteiger partial charge in [-0.15, -0.1) is 0 Å². The molecular formula is C26H20Cl2N2O2. The van der Waals surface area contributed by atoms with Gasteiger partial charge in [0.1, 0.15) is 0 Å². The smallest absolute Gasteiger partial charge is 0.294 e. The second-order valence-corrected chi connectivity index (χ2v) is 7.95. The molecule has 0 unspecified atom stereocenters. The molecule has 0 bridgehead atoms. The average molecular weight is 463 g/mol. The van der Waals surface area contributed by atoms with E-state index in [0.29, 0.717) is 24.5 Å². The van der Waals surface area contributed by atoms with Gasteiger partial charge in [0.15, 0.2) is 0 Å². The quantitative estimate of drug-likeness (QED) is 0.219. The van der Waals surface area contributed by atoms with E-state index in [9.17, 15) is 9.59 Å². The molecule has 32 heavy (non-hydrogen) atoms. The average Bonchev–Trinajstić information content (AvgIpc) is 2.81. The highest BCUT2D eigenvalue weighted by atomic mass is 35.5. The van der Waals surface area contributed by atoms with Crippen LogP contribution in [0, 0.1) is 0 Å². The highest BCUT2D eigenvalue weighted by molar-refractivity contribution is 6.66. The monoisotopic (exact) mass is 462 g/mol. The van der Waals surface area contributed by atoms with Gasteiger partial charge < -0.3 is 0 Å². The van der Waals surface area contributed by atoms with Crippen LogP contribution < -0.4 is 9.80 Å². The zero-order valence-corrected chi connectivity index (χ0v) is 18.6. The van der Waals surface area contributed by atoms with Crippen LogP contribution in [0.25, 0.3) is 10.8 Å². The summed E-state index contributed by atoms with van der Waals surface area (Å²) in [6, 6.07) is 30.5. The summed E-state index contributed by atoms with van der Waals surface area (Å²) in [5.41, 5.74) is 3.23. The third-order valence-electron chi connectivity index (χ3n) is 5.25. The number of nitrogens with zero attached hydrogens (tertiary/aromatic N) is 2. The topological polar surface area (TPSA) is 40.6 Å². The molecule has 4 rings (SSSR count). The Morgan fingerprint density at radius 1 is 0.531 bits per heavy atom. The standard InChI is InChI=1S/C26H20Cl2N2O2/c27-25(31)29(17-19-9-3-1-4-10-19)23-15-7-14-22-21(23)13-8-16-24(22)30(26(28)32)18-20-11-5-2-6-12-20/h1-16H,17-18H2. The Morgan fingerprint density at radius 3 is 1.25 bits per heavy atom. The number of benzene rings is 4. The van der Waals surface area contributed by atoms with E-state index in [1.165, 1.54) is 9.80 Å². The highest BCUT2D eigenvalue weighted by Gasteiger charge is 2.21. The molecule has 0 radical (unpaired) electrons. The van der Waals surface area contributed by atoms with Gasteiger partial charge in [-0.2, -0.15) is 0 Å². The van der Waals surface area contributed by atoms with Crippen LogP contribution in [0.2, 0.25) is 0 Å². The van der Waals surface area contributed by atoms with Crippen LogP contribution in [0.5, 0.6) is 0 Å². The molecule has 160 valence electrons. The van der Waals surface area contributed by atoms with Crippen molar-refractivity contribution in [3.63, 3.8) is 0 Å². The molecule has 0 atom stereocenters. The van der Waals surface area contributed by atoms with Crippen LogP contribution in [0.3, 0.4) is 0 Å². The maximum atomic E-state index is 12.4. The molecule has 0 aliphatic heterocycles. The Bertz CT molecular complexity index is 1150. The van der Waals surface area contributed by atoms with Crippen LogP contribution in [0.15, 0.2) is 97.1 Å². The van der Waals surface area contributed by atoms with E-state index in [0.717, 1.165) is 21.9 Å². The summed E-state index contributed by atoms with van der Waals surface area (Å²) in [4.78, 5) is 27.8. The number of hydrogen-bond acceptors (Lipinski definition) is 2. The fourth-order valence-electron chi connectivity index (χ4n) is 3.76. The van der Waals surface area contributed by atoms with Crippen molar-refractivity contribution in [1.29, 1.82) is 0 Å². The number of halogens is 2. The Kier molecular flexibility index (Phi) is 6.74. The first kappa shape index (κ1) is 21.9. The first-order chi connectivity index (χ1) is 15.5. The van der Waals surface area contributed by atoms with Gasteiger partial charge in [0, 0.05) is 10.8 Å². The zero-order valence-electron chi connectivity index (χ0n) is 17.1. The fraction of sp³-hybridized carbons (Fsp3) is 0.0769. The minimum absolute atomic E-state index is 0.328. The molecule has 0 aliphatic rings. The van der Waals surface area contributed by atoms with E-state index >= 15 is 0 Å². The van der Waals surface area contributed by atoms with Gasteiger partial charge >= 0.3 is 10.7 Å². The van der Waals surface area contributed by atoms with E-state index in [2.05, 4.69) is 0 Å². The molecule has 0 spiro atoms. The normalized spacial score (nSPS) is 10.7. The number of amides is 2. The second kappa shape index (κ2) is 9.86. The molecular weight excluding hydrogens is 443 g/mol. The Labute approximate surface area is 196 Å². The van der Waals surface area contributed by atoms with Gasteiger partial charge in [0.2, 0.25) is 0 Å². The summed E-state index contributed by atoms with van der Waals surface area (Å²) in [5, 5.41) is 0.430. The molecule has 0 saturated carbocycles. The fourth-order valence-corrected chi connectivity index (χ4v) is 4.07. The number of hydrogen-bond donors (Lipinski definition) is 0. The minimum Gasteiger partial charge on any atom is -0.294 e. The van der Waals surface area contributed by atoms with Crippen molar-refractivity contribution < 1.29 is 9.59 Å². The third-order valence-corrected chi connectivity index (χ3v) is 5.66. The molecule has 6 heteroatoms. The lowest BCUT2D eigenvalue weighted by Gasteiger charge is -2.25. The number of anilines is 2. The summed E-state index contributed by atoms with van der Waals surface area (Å²) < 4.78 is 0. The predicted octanol–water partition coefficient (Wildman–Crippen LogP) is 7.57. The number of fused-ring (bicyclic) bond motifs is 1. The van der Waals surface area contributed by atoms with Crippen LogP contribution in [0.4, 0.5) is 21.0 Å². The third kappa shape index (κ3) is 4.77. The first-order valence-corrected chi connectivity index (χ1v) is 10.8. The molecule has 0 aromatic heterocycles. The minimum atomic E-state index is -0.582. The summed E-state index contributed by atoms with van der Waals surface area (Å²) in [7, 11) is 0. The molecule has 0 saturated heterocycles. The lowest BCUT2D eigenvalue weighted by molar-refractivity contribution is 0.263. The predicted molar refractivity (Wildman–Crippen MR) is 132 cm³/mol. The summed E-state index contributed by atoms with van der Waals surface area (Å²) in [6.45, 7) is 0.656. The largest absolute Gasteiger partial charge is 0.321 e. The van der Waals surface area contributed by atoms with Crippen molar-refractivity contribution in [2.75, 3.05) is 9.80 Å². The summed E-state index contributed by atoms with van der Waals surface area (Å²) >= 11 is 12.0. The highest BCUT2D eigenvalue weighted by Crippen LogP contribution is 2.35. The van der Waals surface area contributed by atoms with Crippen molar-refractivity contribution in [1.82, 2.24) is 0 Å². The molecule has 4 aromatic carbocycles. The van der Waals surface area contributed by atoms with Crippen LogP contribution in [0.1, 0.15) is 11.1 Å². The van der Waals surface area contributed by atoms with Crippen molar-refractivity contribution in [2.24, 2.45) is 0 Å². The van der Waals surface area contributed by atoms with Crippen LogP contribution in [-0.4, -0.2) is 10.7 Å². The van der Waals surface area contributed by atoms with E-state index in [-0.39, 0.29) is 0 Å².